The molecule has 3 aromatic carbocycles. The van der Waals surface area contributed by atoms with Crippen LogP contribution in [0.2, 0.25) is 5.02 Å². The average molecular weight is 404 g/mol. The van der Waals surface area contributed by atoms with Crippen molar-refractivity contribution >= 4 is 40.3 Å². The number of non-ortho nitro benzene ring substituents is 1. The second-order valence-electron chi connectivity index (χ2n) is 6.26. The van der Waals surface area contributed by atoms with E-state index in [9.17, 15) is 14.9 Å². The number of benzene rings is 3. The highest BCUT2D eigenvalue weighted by Crippen LogP contribution is 2.22. The fraction of sp³-hybridized carbons (Fsp3) is 0. The highest BCUT2D eigenvalue weighted by atomic mass is 35.5. The van der Waals surface area contributed by atoms with Gasteiger partial charge in [-0.05, 0) is 35.9 Å². The number of halogens is 1. The van der Waals surface area contributed by atoms with Crippen molar-refractivity contribution < 1.29 is 4.92 Å². The van der Waals surface area contributed by atoms with Crippen molar-refractivity contribution in [2.45, 2.75) is 0 Å². The number of aromatic nitrogens is 2. The zero-order valence-electron chi connectivity index (χ0n) is 15.0. The Morgan fingerprint density at radius 1 is 0.966 bits per heavy atom. The van der Waals surface area contributed by atoms with Crippen LogP contribution in [0.1, 0.15) is 11.4 Å². The van der Waals surface area contributed by atoms with Gasteiger partial charge in [-0.1, -0.05) is 54.1 Å². The van der Waals surface area contributed by atoms with Crippen molar-refractivity contribution in [1.29, 1.82) is 0 Å². The lowest BCUT2D eigenvalue weighted by atomic mass is 10.2. The molecule has 7 heteroatoms. The Bertz CT molecular complexity index is 1330. The highest BCUT2D eigenvalue weighted by Gasteiger charge is 2.13. The summed E-state index contributed by atoms with van der Waals surface area (Å²) in [6, 6.07) is 20.3. The summed E-state index contributed by atoms with van der Waals surface area (Å²) < 4.78 is 1.44. The summed E-state index contributed by atoms with van der Waals surface area (Å²) in [6.07, 6.45) is 3.33. The maximum atomic E-state index is 13.2. The van der Waals surface area contributed by atoms with E-state index in [1.165, 1.54) is 16.7 Å². The van der Waals surface area contributed by atoms with Crippen molar-refractivity contribution in [2.75, 3.05) is 0 Å². The van der Waals surface area contributed by atoms with Crippen LogP contribution in [0, 0.1) is 10.1 Å². The first-order valence-electron chi connectivity index (χ1n) is 8.74. The normalized spacial score (nSPS) is 11.2. The van der Waals surface area contributed by atoms with Crippen LogP contribution in [-0.4, -0.2) is 14.5 Å². The molecule has 0 N–H and O–H groups in total. The minimum Gasteiger partial charge on any atom is -0.268 e. The zero-order chi connectivity index (χ0) is 20.4. The Hall–Kier alpha value is -3.77. The standard InChI is InChI=1S/C22H14ClN3O3/c23-18-9-2-4-11-20(18)25-21(24-19-10-3-1-8-17(19)22(25)27)13-12-15-6-5-7-16(14-15)26(28)29/h1-14H. The number of rotatable bonds is 4. The van der Waals surface area contributed by atoms with E-state index in [-0.39, 0.29) is 11.2 Å². The Morgan fingerprint density at radius 3 is 2.52 bits per heavy atom. The predicted octanol–water partition coefficient (Wildman–Crippen LogP) is 5.12. The molecule has 0 aliphatic carbocycles. The first-order valence-corrected chi connectivity index (χ1v) is 9.11. The Balaban J connectivity index is 1.93. The maximum absolute atomic E-state index is 13.2. The number of para-hydroxylation sites is 2. The molecule has 6 nitrogen and oxygen atoms in total. The predicted molar refractivity (Wildman–Crippen MR) is 114 cm³/mol. The lowest BCUT2D eigenvalue weighted by Crippen LogP contribution is -2.22. The van der Waals surface area contributed by atoms with Crippen LogP contribution in [0.5, 0.6) is 0 Å². The third-order valence-electron chi connectivity index (χ3n) is 4.40. The van der Waals surface area contributed by atoms with E-state index < -0.39 is 4.92 Å². The molecular weight excluding hydrogens is 390 g/mol. The third kappa shape index (κ3) is 3.66. The second-order valence-corrected chi connectivity index (χ2v) is 6.67. The van der Waals surface area contributed by atoms with E-state index in [2.05, 4.69) is 4.98 Å². The van der Waals surface area contributed by atoms with Crippen LogP contribution in [-0.2, 0) is 0 Å². The molecule has 0 saturated heterocycles. The summed E-state index contributed by atoms with van der Waals surface area (Å²) in [6.45, 7) is 0. The molecule has 0 fully saturated rings. The largest absolute Gasteiger partial charge is 0.270 e. The molecule has 0 atom stereocenters. The molecule has 0 spiro atoms. The van der Waals surface area contributed by atoms with E-state index in [0.29, 0.717) is 33.0 Å². The lowest BCUT2D eigenvalue weighted by molar-refractivity contribution is -0.384. The molecule has 0 amide bonds. The lowest BCUT2D eigenvalue weighted by Gasteiger charge is -2.12. The monoisotopic (exact) mass is 403 g/mol. The molecule has 142 valence electrons. The zero-order valence-corrected chi connectivity index (χ0v) is 15.8. The highest BCUT2D eigenvalue weighted by molar-refractivity contribution is 6.32. The number of fused-ring (bicyclic) bond motifs is 1. The number of nitro groups is 1. The van der Waals surface area contributed by atoms with E-state index >= 15 is 0 Å². The molecule has 1 aromatic heterocycles. The quantitative estimate of drug-likeness (QED) is 0.350. The fourth-order valence-corrected chi connectivity index (χ4v) is 3.26. The first-order chi connectivity index (χ1) is 14.0. The summed E-state index contributed by atoms with van der Waals surface area (Å²) in [5.41, 5.74) is 1.42. The van der Waals surface area contributed by atoms with Crippen molar-refractivity contribution in [2.24, 2.45) is 0 Å². The van der Waals surface area contributed by atoms with Gasteiger partial charge >= 0.3 is 0 Å². The minimum absolute atomic E-state index is 0.0119. The number of hydrogen-bond donors (Lipinski definition) is 0. The number of nitrogens with zero attached hydrogens (tertiary/aromatic N) is 3. The van der Waals surface area contributed by atoms with Gasteiger partial charge in [0.2, 0.25) is 0 Å². The average Bonchev–Trinajstić information content (AvgIpc) is 2.73. The van der Waals surface area contributed by atoms with Crippen LogP contribution < -0.4 is 5.56 Å². The molecule has 0 saturated carbocycles. The minimum atomic E-state index is -0.453. The third-order valence-corrected chi connectivity index (χ3v) is 4.72. The van der Waals surface area contributed by atoms with Gasteiger partial charge < -0.3 is 0 Å². The molecule has 0 aliphatic heterocycles. The maximum Gasteiger partial charge on any atom is 0.270 e. The van der Waals surface area contributed by atoms with E-state index in [0.717, 1.165) is 0 Å². The van der Waals surface area contributed by atoms with Gasteiger partial charge in [-0.25, -0.2) is 4.98 Å². The van der Waals surface area contributed by atoms with Crippen LogP contribution in [0.15, 0.2) is 77.6 Å². The van der Waals surface area contributed by atoms with E-state index in [1.54, 1.807) is 66.7 Å². The summed E-state index contributed by atoms with van der Waals surface area (Å²) in [4.78, 5) is 28.4. The topological polar surface area (TPSA) is 78.0 Å². The fourth-order valence-electron chi connectivity index (χ4n) is 3.04. The van der Waals surface area contributed by atoms with E-state index in [4.69, 9.17) is 11.6 Å². The van der Waals surface area contributed by atoms with Gasteiger partial charge in [0.25, 0.3) is 11.2 Å². The van der Waals surface area contributed by atoms with Crippen molar-refractivity contribution in [3.63, 3.8) is 0 Å². The van der Waals surface area contributed by atoms with E-state index in [1.807, 2.05) is 6.07 Å². The van der Waals surface area contributed by atoms with Gasteiger partial charge in [0.15, 0.2) is 0 Å². The van der Waals surface area contributed by atoms with Crippen LogP contribution in [0.25, 0.3) is 28.7 Å². The molecular formula is C22H14ClN3O3. The van der Waals surface area contributed by atoms with Gasteiger partial charge in [0.1, 0.15) is 5.82 Å². The smallest absolute Gasteiger partial charge is 0.268 e. The van der Waals surface area contributed by atoms with Crippen molar-refractivity contribution in [3.05, 3.63) is 110 Å². The molecule has 0 bridgehead atoms. The molecule has 29 heavy (non-hydrogen) atoms. The molecule has 1 heterocycles. The first kappa shape index (κ1) is 18.6. The summed E-state index contributed by atoms with van der Waals surface area (Å²) >= 11 is 6.34. The van der Waals surface area contributed by atoms with Gasteiger partial charge in [-0.3, -0.25) is 19.5 Å². The molecule has 4 rings (SSSR count). The summed E-state index contributed by atoms with van der Waals surface area (Å²) in [5.74, 6) is 0.369. The molecule has 0 aliphatic rings. The van der Waals surface area contributed by atoms with Gasteiger partial charge in [0.05, 0.1) is 26.5 Å². The SMILES string of the molecule is O=c1c2ccccc2nc(C=Cc2cccc([N+](=O)[O-])c2)n1-c1ccccc1Cl. The van der Waals surface area contributed by atoms with Crippen molar-refractivity contribution in [1.82, 2.24) is 9.55 Å². The molecule has 4 aromatic rings. The molecule has 0 unspecified atom stereocenters. The summed E-state index contributed by atoms with van der Waals surface area (Å²) in [5, 5.41) is 11.9. The molecule has 0 radical (unpaired) electrons. The van der Waals surface area contributed by atoms with Crippen molar-refractivity contribution in [3.8, 4) is 5.69 Å². The van der Waals surface area contributed by atoms with Crippen LogP contribution >= 0.6 is 11.6 Å². The Kier molecular flexibility index (Phi) is 4.93. The van der Waals surface area contributed by atoms with Gasteiger partial charge in [-0.2, -0.15) is 0 Å². The number of hydrogen-bond acceptors (Lipinski definition) is 4. The van der Waals surface area contributed by atoms with Crippen LogP contribution in [0.3, 0.4) is 0 Å². The Labute approximate surface area is 170 Å². The second kappa shape index (κ2) is 7.69. The van der Waals surface area contributed by atoms with Crippen LogP contribution in [0.4, 0.5) is 5.69 Å². The number of nitro benzene ring substituents is 1. The van der Waals surface area contributed by atoms with Gasteiger partial charge in [-0.15, -0.1) is 0 Å². The van der Waals surface area contributed by atoms with Gasteiger partial charge in [0, 0.05) is 12.1 Å². The summed E-state index contributed by atoms with van der Waals surface area (Å²) in [7, 11) is 0. The Morgan fingerprint density at radius 2 is 1.72 bits per heavy atom.